The van der Waals surface area contributed by atoms with Gasteiger partial charge >= 0.3 is 0 Å². The van der Waals surface area contributed by atoms with Gasteiger partial charge in [0, 0.05) is 16.1 Å². The third-order valence-electron chi connectivity index (χ3n) is 2.73. The first-order chi connectivity index (χ1) is 9.90. The van der Waals surface area contributed by atoms with Crippen LogP contribution in [-0.2, 0) is 16.3 Å². The lowest BCUT2D eigenvalue weighted by Crippen LogP contribution is -2.12. The van der Waals surface area contributed by atoms with Gasteiger partial charge in [0.05, 0.1) is 12.9 Å². The van der Waals surface area contributed by atoms with Gasteiger partial charge in [-0.05, 0) is 36.2 Å². The predicted octanol–water partition coefficient (Wildman–Crippen LogP) is 2.81. The lowest BCUT2D eigenvalue weighted by atomic mass is 10.2. The molecule has 112 valence electrons. The Labute approximate surface area is 132 Å². The summed E-state index contributed by atoms with van der Waals surface area (Å²) in [6, 6.07) is 7.78. The summed E-state index contributed by atoms with van der Waals surface area (Å²) in [6.45, 7) is 0. The van der Waals surface area contributed by atoms with Crippen molar-refractivity contribution in [1.29, 1.82) is 0 Å². The molecule has 1 aromatic heterocycles. The van der Waals surface area contributed by atoms with Gasteiger partial charge in [0.15, 0.2) is 14.9 Å². The Kier molecular flexibility index (Phi) is 5.03. The van der Waals surface area contributed by atoms with Gasteiger partial charge in [-0.1, -0.05) is 23.2 Å². The van der Waals surface area contributed by atoms with E-state index in [4.69, 9.17) is 27.9 Å². The molecule has 0 unspecified atom stereocenters. The summed E-state index contributed by atoms with van der Waals surface area (Å²) in [4.78, 5) is 0. The van der Waals surface area contributed by atoms with Crippen LogP contribution in [0, 0.1) is 0 Å². The SMILES string of the molecule is COc1ccc(S(=O)(=O)CCc2cc(Cl)cc(Cl)c2)nn1. The number of sulfone groups is 1. The minimum atomic E-state index is -3.52. The molecule has 5 nitrogen and oxygen atoms in total. The van der Waals surface area contributed by atoms with Crippen LogP contribution in [0.1, 0.15) is 5.56 Å². The highest BCUT2D eigenvalue weighted by atomic mass is 35.5. The second-order valence-corrected chi connectivity index (χ2v) is 7.19. The van der Waals surface area contributed by atoms with Gasteiger partial charge in [0.2, 0.25) is 5.88 Å². The largest absolute Gasteiger partial charge is 0.480 e. The Hall–Kier alpha value is -1.37. The van der Waals surface area contributed by atoms with Crippen molar-refractivity contribution < 1.29 is 13.2 Å². The van der Waals surface area contributed by atoms with Crippen LogP contribution in [0.5, 0.6) is 5.88 Å². The van der Waals surface area contributed by atoms with Crippen molar-refractivity contribution in [2.75, 3.05) is 12.9 Å². The monoisotopic (exact) mass is 346 g/mol. The van der Waals surface area contributed by atoms with E-state index in [-0.39, 0.29) is 23.1 Å². The lowest BCUT2D eigenvalue weighted by molar-refractivity contribution is 0.389. The van der Waals surface area contributed by atoms with Crippen LogP contribution in [-0.4, -0.2) is 31.5 Å². The molecule has 0 bridgehead atoms. The number of hydrogen-bond acceptors (Lipinski definition) is 5. The van der Waals surface area contributed by atoms with Crippen LogP contribution in [0.3, 0.4) is 0 Å². The first-order valence-corrected chi connectivity index (χ1v) is 8.37. The fourth-order valence-corrected chi connectivity index (χ4v) is 3.42. The van der Waals surface area contributed by atoms with Gasteiger partial charge in [-0.15, -0.1) is 10.2 Å². The molecule has 0 aliphatic carbocycles. The molecule has 8 heteroatoms. The van der Waals surface area contributed by atoms with E-state index in [2.05, 4.69) is 10.2 Å². The molecule has 0 N–H and O–H groups in total. The topological polar surface area (TPSA) is 69.2 Å². The molecule has 1 heterocycles. The van der Waals surface area contributed by atoms with Gasteiger partial charge < -0.3 is 4.74 Å². The first-order valence-electron chi connectivity index (χ1n) is 5.96. The van der Waals surface area contributed by atoms with Crippen LogP contribution in [0.4, 0.5) is 0 Å². The average Bonchev–Trinajstić information content (AvgIpc) is 2.44. The third-order valence-corrected chi connectivity index (χ3v) is 4.76. The molecule has 2 rings (SSSR count). The highest BCUT2D eigenvalue weighted by molar-refractivity contribution is 7.91. The Morgan fingerprint density at radius 1 is 1.10 bits per heavy atom. The zero-order chi connectivity index (χ0) is 15.5. The predicted molar refractivity (Wildman–Crippen MR) is 80.8 cm³/mol. The van der Waals surface area contributed by atoms with E-state index < -0.39 is 9.84 Å². The Morgan fingerprint density at radius 3 is 2.29 bits per heavy atom. The summed E-state index contributed by atoms with van der Waals surface area (Å²) in [5.41, 5.74) is 0.748. The molecule has 0 saturated carbocycles. The molecular weight excluding hydrogens is 335 g/mol. The number of ether oxygens (including phenoxy) is 1. The van der Waals surface area contributed by atoms with Crippen LogP contribution in [0.2, 0.25) is 10.0 Å². The molecule has 0 radical (unpaired) electrons. The number of hydrogen-bond donors (Lipinski definition) is 0. The minimum Gasteiger partial charge on any atom is -0.480 e. The van der Waals surface area contributed by atoms with Crippen molar-refractivity contribution in [2.45, 2.75) is 11.4 Å². The fourth-order valence-electron chi connectivity index (χ4n) is 1.69. The second-order valence-electron chi connectivity index (χ2n) is 4.26. The van der Waals surface area contributed by atoms with E-state index in [0.717, 1.165) is 5.56 Å². The smallest absolute Gasteiger partial charge is 0.233 e. The number of nitrogens with zero attached hydrogens (tertiary/aromatic N) is 2. The fraction of sp³-hybridized carbons (Fsp3) is 0.231. The van der Waals surface area contributed by atoms with E-state index >= 15 is 0 Å². The molecule has 0 saturated heterocycles. The zero-order valence-corrected chi connectivity index (χ0v) is 13.4. The van der Waals surface area contributed by atoms with Crippen LogP contribution in [0.15, 0.2) is 35.4 Å². The normalized spacial score (nSPS) is 11.4. The summed E-state index contributed by atoms with van der Waals surface area (Å²) >= 11 is 11.8. The Morgan fingerprint density at radius 2 is 1.76 bits per heavy atom. The molecule has 21 heavy (non-hydrogen) atoms. The first kappa shape index (κ1) is 16.0. The summed E-state index contributed by atoms with van der Waals surface area (Å²) < 4.78 is 29.2. The van der Waals surface area contributed by atoms with Gasteiger partial charge in [0.25, 0.3) is 0 Å². The van der Waals surface area contributed by atoms with Crippen molar-refractivity contribution >= 4 is 33.0 Å². The summed E-state index contributed by atoms with van der Waals surface area (Å²) in [6.07, 6.45) is 0.288. The van der Waals surface area contributed by atoms with Crippen LogP contribution >= 0.6 is 23.2 Å². The average molecular weight is 347 g/mol. The molecule has 1 aromatic carbocycles. The third kappa shape index (κ3) is 4.30. The lowest BCUT2D eigenvalue weighted by Gasteiger charge is -2.05. The van der Waals surface area contributed by atoms with Crippen molar-refractivity contribution in [3.05, 3.63) is 45.9 Å². The number of halogens is 2. The van der Waals surface area contributed by atoms with Gasteiger partial charge in [-0.2, -0.15) is 0 Å². The van der Waals surface area contributed by atoms with Crippen molar-refractivity contribution in [3.8, 4) is 5.88 Å². The summed E-state index contributed by atoms with van der Waals surface area (Å²) in [7, 11) is -2.09. The molecule has 0 aliphatic heterocycles. The maximum absolute atomic E-state index is 12.2. The van der Waals surface area contributed by atoms with Crippen molar-refractivity contribution in [2.24, 2.45) is 0 Å². The number of aryl methyl sites for hydroxylation is 1. The van der Waals surface area contributed by atoms with Crippen LogP contribution < -0.4 is 4.74 Å². The van der Waals surface area contributed by atoms with Gasteiger partial charge in [0.1, 0.15) is 0 Å². The minimum absolute atomic E-state index is 0.0866. The zero-order valence-electron chi connectivity index (χ0n) is 11.1. The standard InChI is InChI=1S/C13H12Cl2N2O3S/c1-20-12-2-3-13(17-16-12)21(18,19)5-4-9-6-10(14)8-11(15)7-9/h2-3,6-8H,4-5H2,1H3. The van der Waals surface area contributed by atoms with E-state index in [0.29, 0.717) is 10.0 Å². The van der Waals surface area contributed by atoms with Gasteiger partial charge in [-0.3, -0.25) is 0 Å². The summed E-state index contributed by atoms with van der Waals surface area (Å²) in [5.74, 6) is 0.153. The number of methoxy groups -OCH3 is 1. The van der Waals surface area contributed by atoms with E-state index in [1.165, 1.54) is 19.2 Å². The number of rotatable bonds is 5. The van der Waals surface area contributed by atoms with E-state index in [1.807, 2.05) is 0 Å². The Balaban J connectivity index is 2.13. The molecule has 0 atom stereocenters. The molecule has 0 fully saturated rings. The summed E-state index contributed by atoms with van der Waals surface area (Å²) in [5, 5.41) is 8.16. The second kappa shape index (κ2) is 6.60. The van der Waals surface area contributed by atoms with Crippen molar-refractivity contribution in [3.63, 3.8) is 0 Å². The van der Waals surface area contributed by atoms with E-state index in [1.54, 1.807) is 18.2 Å². The quantitative estimate of drug-likeness (QED) is 0.832. The molecular formula is C13H12Cl2N2O3S. The molecule has 2 aromatic rings. The van der Waals surface area contributed by atoms with Crippen molar-refractivity contribution in [1.82, 2.24) is 10.2 Å². The molecule has 0 spiro atoms. The Bertz CT molecular complexity index is 713. The number of aromatic nitrogens is 2. The van der Waals surface area contributed by atoms with Crippen LogP contribution in [0.25, 0.3) is 0 Å². The maximum Gasteiger partial charge on any atom is 0.233 e. The van der Waals surface area contributed by atoms with E-state index in [9.17, 15) is 8.42 Å². The highest BCUT2D eigenvalue weighted by Gasteiger charge is 2.17. The molecule has 0 aliphatic rings. The maximum atomic E-state index is 12.2. The highest BCUT2D eigenvalue weighted by Crippen LogP contribution is 2.20. The molecule has 0 amide bonds. The number of benzene rings is 1. The van der Waals surface area contributed by atoms with Gasteiger partial charge in [-0.25, -0.2) is 8.42 Å².